The second-order valence-electron chi connectivity index (χ2n) is 7.25. The zero-order valence-electron chi connectivity index (χ0n) is 15.6. The lowest BCUT2D eigenvalue weighted by molar-refractivity contribution is 0.0724. The van der Waals surface area contributed by atoms with Crippen molar-refractivity contribution in [3.05, 3.63) is 52.1 Å². The van der Waals surface area contributed by atoms with Gasteiger partial charge in [-0.3, -0.25) is 9.89 Å². The van der Waals surface area contributed by atoms with Gasteiger partial charge < -0.3 is 4.90 Å². The maximum atomic E-state index is 14.3. The maximum absolute atomic E-state index is 14.3. The summed E-state index contributed by atoms with van der Waals surface area (Å²) in [5.41, 5.74) is 1.27. The van der Waals surface area contributed by atoms with Crippen molar-refractivity contribution in [1.82, 2.24) is 15.1 Å². The average molecular weight is 428 g/mol. The van der Waals surface area contributed by atoms with E-state index in [4.69, 9.17) is 11.6 Å². The van der Waals surface area contributed by atoms with Gasteiger partial charge in [0.25, 0.3) is 5.91 Å². The number of H-pyrrole nitrogens is 1. The van der Waals surface area contributed by atoms with E-state index in [1.54, 1.807) is 19.1 Å². The van der Waals surface area contributed by atoms with Gasteiger partial charge in [-0.05, 0) is 50.3 Å². The minimum absolute atomic E-state index is 0.0290. The number of carbonyl (C=O) groups excluding carboxylic acids is 1. The van der Waals surface area contributed by atoms with Crippen LogP contribution in [0.15, 0.2) is 24.3 Å². The van der Waals surface area contributed by atoms with E-state index < -0.39 is 15.7 Å². The third-order valence-electron chi connectivity index (χ3n) is 5.10. The molecule has 0 unspecified atom stereocenters. The third kappa shape index (κ3) is 5.11. The monoisotopic (exact) mass is 427 g/mol. The minimum Gasteiger partial charge on any atom is -0.333 e. The van der Waals surface area contributed by atoms with E-state index in [1.165, 1.54) is 17.0 Å². The minimum atomic E-state index is -2.93. The van der Waals surface area contributed by atoms with Crippen LogP contribution in [0.25, 0.3) is 0 Å². The molecule has 3 rings (SSSR count). The summed E-state index contributed by atoms with van der Waals surface area (Å²) in [5, 5.41) is 7.02. The number of aromatic nitrogens is 2. The summed E-state index contributed by atoms with van der Waals surface area (Å²) in [7, 11) is -2.93. The van der Waals surface area contributed by atoms with Crippen LogP contribution in [0.4, 0.5) is 4.39 Å². The summed E-state index contributed by atoms with van der Waals surface area (Å²) in [6.07, 6.45) is 1.83. The standard InChI is InChI=1S/C19H23ClFN3O3S/c1-13-11-18(23-22-13)19(25)24(12-15-16(20)3-2-4-17(15)21)8-5-14-6-9-28(26,27)10-7-14/h2-4,11,14H,5-10,12H2,1H3,(H,22,23). The second-order valence-corrected chi connectivity index (χ2v) is 9.96. The molecule has 152 valence electrons. The van der Waals surface area contributed by atoms with Crippen LogP contribution >= 0.6 is 11.6 Å². The van der Waals surface area contributed by atoms with Crippen LogP contribution < -0.4 is 0 Å². The smallest absolute Gasteiger partial charge is 0.274 e. The first-order valence-electron chi connectivity index (χ1n) is 9.20. The van der Waals surface area contributed by atoms with Gasteiger partial charge in [-0.2, -0.15) is 5.10 Å². The van der Waals surface area contributed by atoms with Gasteiger partial charge in [0.15, 0.2) is 0 Å². The molecule has 9 heteroatoms. The average Bonchev–Trinajstić information content (AvgIpc) is 3.08. The van der Waals surface area contributed by atoms with Crippen LogP contribution in [0, 0.1) is 18.7 Å². The molecule has 0 spiro atoms. The summed E-state index contributed by atoms with van der Waals surface area (Å²) >= 11 is 6.14. The van der Waals surface area contributed by atoms with Crippen LogP contribution in [-0.2, 0) is 16.4 Å². The molecule has 1 N–H and O–H groups in total. The Balaban J connectivity index is 1.75. The molecule has 6 nitrogen and oxygen atoms in total. The number of aryl methyl sites for hydroxylation is 1. The van der Waals surface area contributed by atoms with Gasteiger partial charge in [0.2, 0.25) is 0 Å². The molecule has 0 radical (unpaired) electrons. The number of amides is 1. The highest BCUT2D eigenvalue weighted by Crippen LogP contribution is 2.25. The Hall–Kier alpha value is -1.93. The fourth-order valence-corrected chi connectivity index (χ4v) is 5.19. The largest absolute Gasteiger partial charge is 0.333 e. The SMILES string of the molecule is Cc1cc(C(=O)N(CCC2CCS(=O)(=O)CC2)Cc2c(F)cccc2Cl)n[nH]1. The topological polar surface area (TPSA) is 83.1 Å². The molecule has 1 aromatic heterocycles. The molecule has 0 saturated carbocycles. The number of hydrogen-bond donors (Lipinski definition) is 1. The van der Waals surface area contributed by atoms with Gasteiger partial charge in [-0.25, -0.2) is 12.8 Å². The zero-order valence-corrected chi connectivity index (χ0v) is 17.2. The first-order valence-corrected chi connectivity index (χ1v) is 11.4. The molecule has 1 aliphatic heterocycles. The van der Waals surface area contributed by atoms with Gasteiger partial charge in [-0.1, -0.05) is 17.7 Å². The molecule has 2 heterocycles. The molecular weight excluding hydrogens is 405 g/mol. The molecule has 0 atom stereocenters. The Morgan fingerprint density at radius 3 is 2.68 bits per heavy atom. The maximum Gasteiger partial charge on any atom is 0.274 e. The Kier molecular flexibility index (Phi) is 6.40. The number of aromatic amines is 1. The summed E-state index contributed by atoms with van der Waals surface area (Å²) in [4.78, 5) is 14.5. The van der Waals surface area contributed by atoms with E-state index >= 15 is 0 Å². The Labute approximate surface area is 169 Å². The van der Waals surface area contributed by atoms with Gasteiger partial charge in [0.05, 0.1) is 18.1 Å². The quantitative estimate of drug-likeness (QED) is 0.766. The molecule has 1 amide bonds. The lowest BCUT2D eigenvalue weighted by atomic mass is 9.98. The molecule has 1 aromatic carbocycles. The highest BCUT2D eigenvalue weighted by Gasteiger charge is 2.26. The van der Waals surface area contributed by atoms with Gasteiger partial charge >= 0.3 is 0 Å². The van der Waals surface area contributed by atoms with E-state index in [0.717, 1.165) is 5.69 Å². The molecule has 1 fully saturated rings. The lowest BCUT2D eigenvalue weighted by Gasteiger charge is -2.27. The number of benzene rings is 1. The van der Waals surface area contributed by atoms with Crippen molar-refractivity contribution in [1.29, 1.82) is 0 Å². The van der Waals surface area contributed by atoms with Gasteiger partial charge in [0.1, 0.15) is 21.3 Å². The van der Waals surface area contributed by atoms with Crippen molar-refractivity contribution >= 4 is 27.3 Å². The lowest BCUT2D eigenvalue weighted by Crippen LogP contribution is -2.34. The number of nitrogens with zero attached hydrogens (tertiary/aromatic N) is 2. The van der Waals surface area contributed by atoms with Crippen LogP contribution in [0.5, 0.6) is 0 Å². The number of halogens is 2. The predicted molar refractivity (Wildman–Crippen MR) is 105 cm³/mol. The Morgan fingerprint density at radius 2 is 2.07 bits per heavy atom. The normalized spacial score (nSPS) is 16.8. The molecule has 2 aromatic rings. The number of nitrogens with one attached hydrogen (secondary N) is 1. The molecule has 28 heavy (non-hydrogen) atoms. The van der Waals surface area contributed by atoms with E-state index in [-0.39, 0.29) is 46.2 Å². The Bertz CT molecular complexity index is 927. The number of sulfone groups is 1. The Morgan fingerprint density at radius 1 is 1.36 bits per heavy atom. The molecule has 1 aliphatic rings. The van der Waals surface area contributed by atoms with Crippen molar-refractivity contribution < 1.29 is 17.6 Å². The van der Waals surface area contributed by atoms with Crippen molar-refractivity contribution in [2.45, 2.75) is 32.7 Å². The number of hydrogen-bond acceptors (Lipinski definition) is 4. The van der Waals surface area contributed by atoms with Crippen LogP contribution in [0.1, 0.15) is 41.0 Å². The highest BCUT2D eigenvalue weighted by atomic mass is 35.5. The molecule has 0 aliphatic carbocycles. The summed E-state index contributed by atoms with van der Waals surface area (Å²) in [6, 6.07) is 6.07. The van der Waals surface area contributed by atoms with Gasteiger partial charge in [-0.15, -0.1) is 0 Å². The van der Waals surface area contributed by atoms with Crippen LogP contribution in [-0.4, -0.2) is 47.5 Å². The fourth-order valence-electron chi connectivity index (χ4n) is 3.38. The van der Waals surface area contributed by atoms with E-state index in [0.29, 0.717) is 25.8 Å². The summed E-state index contributed by atoms with van der Waals surface area (Å²) in [5.74, 6) is -0.192. The van der Waals surface area contributed by atoms with Crippen molar-refractivity contribution in [3.8, 4) is 0 Å². The van der Waals surface area contributed by atoms with Crippen LogP contribution in [0.3, 0.4) is 0 Å². The first kappa shape index (κ1) is 20.8. The van der Waals surface area contributed by atoms with Crippen LogP contribution in [0.2, 0.25) is 5.02 Å². The molecule has 1 saturated heterocycles. The number of rotatable bonds is 6. The zero-order chi connectivity index (χ0) is 20.3. The van der Waals surface area contributed by atoms with Crippen molar-refractivity contribution in [2.24, 2.45) is 5.92 Å². The fraction of sp³-hybridized carbons (Fsp3) is 0.474. The van der Waals surface area contributed by atoms with E-state index in [2.05, 4.69) is 10.2 Å². The van der Waals surface area contributed by atoms with Gasteiger partial charge in [0, 0.05) is 22.8 Å². The molecule has 0 bridgehead atoms. The summed E-state index contributed by atoms with van der Waals surface area (Å²) in [6.45, 7) is 2.20. The predicted octanol–water partition coefficient (Wildman–Crippen LogP) is 3.37. The second kappa shape index (κ2) is 8.61. The van der Waals surface area contributed by atoms with Crippen molar-refractivity contribution in [2.75, 3.05) is 18.1 Å². The van der Waals surface area contributed by atoms with Crippen molar-refractivity contribution in [3.63, 3.8) is 0 Å². The highest BCUT2D eigenvalue weighted by molar-refractivity contribution is 7.91. The summed E-state index contributed by atoms with van der Waals surface area (Å²) < 4.78 is 37.5. The third-order valence-corrected chi connectivity index (χ3v) is 7.17. The van der Waals surface area contributed by atoms with E-state index in [1.807, 2.05) is 0 Å². The van der Waals surface area contributed by atoms with E-state index in [9.17, 15) is 17.6 Å². The first-order chi connectivity index (χ1) is 13.2. The molecular formula is C19H23ClFN3O3S. The number of carbonyl (C=O) groups is 1.